The number of hydrogen-bond donors (Lipinski definition) is 1. The number of phenolic OH excluding ortho intramolecular Hbond substituents is 1. The van der Waals surface area contributed by atoms with Crippen molar-refractivity contribution in [3.05, 3.63) is 40.1 Å². The lowest BCUT2D eigenvalue weighted by Crippen LogP contribution is -1.84. The molecule has 0 unspecified atom stereocenters. The maximum absolute atomic E-state index is 10.5. The Balaban J connectivity index is 2.63. The van der Waals surface area contributed by atoms with Crippen LogP contribution in [0.1, 0.15) is 16.1 Å². The second-order valence-corrected chi connectivity index (χ2v) is 4.24. The minimum Gasteiger partial charge on any atom is -0.507 e. The van der Waals surface area contributed by atoms with Crippen LogP contribution in [0.3, 0.4) is 0 Å². The van der Waals surface area contributed by atoms with E-state index in [4.69, 9.17) is 4.42 Å². The summed E-state index contributed by atoms with van der Waals surface area (Å²) in [5.41, 5.74) is 1.47. The number of furan rings is 1. The van der Waals surface area contributed by atoms with Gasteiger partial charge < -0.3 is 9.52 Å². The first-order chi connectivity index (χ1) is 7.63. The van der Waals surface area contributed by atoms with Crippen LogP contribution in [0, 0.1) is 6.92 Å². The first-order valence-electron chi connectivity index (χ1n) is 4.67. The minimum atomic E-state index is 0.132. The van der Waals surface area contributed by atoms with E-state index in [2.05, 4.69) is 15.9 Å². The summed E-state index contributed by atoms with van der Waals surface area (Å²) in [6.07, 6.45) is 0.633. The summed E-state index contributed by atoms with van der Waals surface area (Å²) in [5, 5.41) is 9.78. The first kappa shape index (κ1) is 11.0. The summed E-state index contributed by atoms with van der Waals surface area (Å²) >= 11 is 3.38. The number of benzene rings is 1. The molecule has 0 saturated carbocycles. The topological polar surface area (TPSA) is 50.4 Å². The van der Waals surface area contributed by atoms with E-state index in [1.807, 2.05) is 6.92 Å². The number of hydrogen-bond acceptors (Lipinski definition) is 3. The zero-order chi connectivity index (χ0) is 11.7. The van der Waals surface area contributed by atoms with Crippen LogP contribution in [0.5, 0.6) is 5.75 Å². The van der Waals surface area contributed by atoms with Gasteiger partial charge in [0.15, 0.2) is 12.0 Å². The van der Waals surface area contributed by atoms with Gasteiger partial charge in [-0.15, -0.1) is 0 Å². The van der Waals surface area contributed by atoms with Crippen LogP contribution >= 0.6 is 15.9 Å². The molecule has 0 spiro atoms. The van der Waals surface area contributed by atoms with Gasteiger partial charge in [0.25, 0.3) is 0 Å². The molecule has 1 heterocycles. The highest BCUT2D eigenvalue weighted by atomic mass is 79.9. The Morgan fingerprint density at radius 2 is 2.06 bits per heavy atom. The second kappa shape index (κ2) is 4.14. The van der Waals surface area contributed by atoms with Gasteiger partial charge in [-0.25, -0.2) is 0 Å². The molecule has 0 amide bonds. The van der Waals surface area contributed by atoms with Crippen molar-refractivity contribution in [2.45, 2.75) is 6.92 Å². The fourth-order valence-corrected chi connectivity index (χ4v) is 1.86. The maximum Gasteiger partial charge on any atom is 0.185 e. The smallest absolute Gasteiger partial charge is 0.185 e. The summed E-state index contributed by atoms with van der Waals surface area (Å²) in [5.74, 6) is 0.861. The van der Waals surface area contributed by atoms with Crippen LogP contribution in [0.4, 0.5) is 0 Å². The Labute approximate surface area is 101 Å². The summed E-state index contributed by atoms with van der Waals surface area (Å²) < 4.78 is 6.17. The van der Waals surface area contributed by atoms with Gasteiger partial charge in [-0.3, -0.25) is 4.79 Å². The van der Waals surface area contributed by atoms with Gasteiger partial charge in [-0.05, 0) is 36.8 Å². The van der Waals surface area contributed by atoms with Crippen LogP contribution in [0.25, 0.3) is 11.3 Å². The fraction of sp³-hybridized carbons (Fsp3) is 0.0833. The molecule has 1 N–H and O–H groups in total. The van der Waals surface area contributed by atoms with Gasteiger partial charge in [0.2, 0.25) is 0 Å². The lowest BCUT2D eigenvalue weighted by atomic mass is 10.1. The van der Waals surface area contributed by atoms with E-state index in [1.54, 1.807) is 24.3 Å². The monoisotopic (exact) mass is 280 g/mol. The lowest BCUT2D eigenvalue weighted by molar-refractivity contribution is 0.110. The lowest BCUT2D eigenvalue weighted by Gasteiger charge is -2.07. The Morgan fingerprint density at radius 3 is 2.69 bits per heavy atom. The maximum atomic E-state index is 10.5. The molecule has 0 fully saturated rings. The highest BCUT2D eigenvalue weighted by Gasteiger charge is 2.13. The average Bonchev–Trinajstić information content (AvgIpc) is 2.73. The Kier molecular flexibility index (Phi) is 2.83. The summed E-state index contributed by atoms with van der Waals surface area (Å²) in [4.78, 5) is 10.5. The van der Waals surface area contributed by atoms with Crippen LogP contribution in [0.15, 0.2) is 33.2 Å². The third kappa shape index (κ3) is 1.76. The van der Waals surface area contributed by atoms with Crippen molar-refractivity contribution in [3.8, 4) is 17.1 Å². The molecule has 2 aromatic rings. The highest BCUT2D eigenvalue weighted by Crippen LogP contribution is 2.36. The number of carbonyl (C=O) groups is 1. The molecule has 3 nitrogen and oxygen atoms in total. The predicted molar refractivity (Wildman–Crippen MR) is 63.6 cm³/mol. The number of rotatable bonds is 2. The van der Waals surface area contributed by atoms with E-state index in [1.165, 1.54) is 0 Å². The third-order valence-corrected chi connectivity index (χ3v) is 3.23. The number of aldehydes is 1. The molecular weight excluding hydrogens is 272 g/mol. The van der Waals surface area contributed by atoms with E-state index in [9.17, 15) is 9.90 Å². The van der Waals surface area contributed by atoms with Crippen LogP contribution in [0.2, 0.25) is 0 Å². The molecule has 0 aliphatic heterocycles. The number of phenols is 1. The molecule has 4 heteroatoms. The highest BCUT2D eigenvalue weighted by molar-refractivity contribution is 9.10. The molecule has 1 aromatic carbocycles. The van der Waals surface area contributed by atoms with E-state index < -0.39 is 0 Å². The molecule has 0 bridgehead atoms. The molecule has 0 aliphatic carbocycles. The minimum absolute atomic E-state index is 0.132. The Morgan fingerprint density at radius 1 is 1.31 bits per heavy atom. The molecule has 0 atom stereocenters. The number of carbonyl (C=O) groups excluding carboxylic acids is 1. The van der Waals surface area contributed by atoms with E-state index in [0.717, 1.165) is 10.0 Å². The number of halogens is 1. The van der Waals surface area contributed by atoms with E-state index in [-0.39, 0.29) is 11.5 Å². The normalized spacial score (nSPS) is 10.4. The summed E-state index contributed by atoms with van der Waals surface area (Å²) in [6, 6.07) is 6.58. The number of aromatic hydroxyl groups is 1. The molecular formula is C12H9BrO3. The van der Waals surface area contributed by atoms with Gasteiger partial charge in [-0.2, -0.15) is 0 Å². The Hall–Kier alpha value is -1.55. The molecule has 82 valence electrons. The SMILES string of the molecule is Cc1c(Br)ccc(O)c1-c1ccc(C=O)o1. The quantitative estimate of drug-likeness (QED) is 0.856. The van der Waals surface area contributed by atoms with Crippen molar-refractivity contribution in [3.63, 3.8) is 0 Å². The van der Waals surface area contributed by atoms with Gasteiger partial charge >= 0.3 is 0 Å². The summed E-state index contributed by atoms with van der Waals surface area (Å²) in [6.45, 7) is 1.86. The largest absolute Gasteiger partial charge is 0.507 e. The zero-order valence-corrected chi connectivity index (χ0v) is 10.1. The van der Waals surface area contributed by atoms with Crippen molar-refractivity contribution in [2.24, 2.45) is 0 Å². The molecule has 1 aromatic heterocycles. The van der Waals surface area contributed by atoms with Crippen molar-refractivity contribution in [2.75, 3.05) is 0 Å². The third-order valence-electron chi connectivity index (χ3n) is 2.37. The average molecular weight is 281 g/mol. The Bertz CT molecular complexity index is 543. The zero-order valence-electron chi connectivity index (χ0n) is 8.53. The van der Waals surface area contributed by atoms with E-state index in [0.29, 0.717) is 17.6 Å². The van der Waals surface area contributed by atoms with Gasteiger partial charge in [0, 0.05) is 4.47 Å². The van der Waals surface area contributed by atoms with Gasteiger partial charge in [0.05, 0.1) is 5.56 Å². The van der Waals surface area contributed by atoms with Crippen molar-refractivity contribution < 1.29 is 14.3 Å². The first-order valence-corrected chi connectivity index (χ1v) is 5.46. The molecule has 0 aliphatic rings. The second-order valence-electron chi connectivity index (χ2n) is 3.39. The van der Waals surface area contributed by atoms with Crippen LogP contribution in [-0.2, 0) is 0 Å². The fourth-order valence-electron chi connectivity index (χ4n) is 1.53. The predicted octanol–water partition coefficient (Wildman–Crippen LogP) is 3.54. The van der Waals surface area contributed by atoms with Crippen LogP contribution in [-0.4, -0.2) is 11.4 Å². The van der Waals surface area contributed by atoms with Crippen LogP contribution < -0.4 is 0 Å². The van der Waals surface area contributed by atoms with Gasteiger partial charge in [0.1, 0.15) is 11.5 Å². The summed E-state index contributed by atoms with van der Waals surface area (Å²) in [7, 11) is 0. The molecule has 2 rings (SSSR count). The van der Waals surface area contributed by atoms with Crippen molar-refractivity contribution in [1.82, 2.24) is 0 Å². The molecule has 0 saturated heterocycles. The van der Waals surface area contributed by atoms with Crippen molar-refractivity contribution >= 4 is 22.2 Å². The van der Waals surface area contributed by atoms with Crippen molar-refractivity contribution in [1.29, 1.82) is 0 Å². The van der Waals surface area contributed by atoms with Gasteiger partial charge in [-0.1, -0.05) is 15.9 Å². The van der Waals surface area contributed by atoms with E-state index >= 15 is 0 Å². The molecule has 0 radical (unpaired) electrons. The standard InChI is InChI=1S/C12H9BrO3/c1-7-9(13)3-4-10(15)12(7)11-5-2-8(6-14)16-11/h2-6,15H,1H3. The molecule has 16 heavy (non-hydrogen) atoms.